The van der Waals surface area contributed by atoms with Crippen molar-refractivity contribution in [3.05, 3.63) is 96.2 Å². The topological polar surface area (TPSA) is 47.3 Å². The second kappa shape index (κ2) is 10.0. The number of nitriles is 1. The molecule has 2 aromatic carbocycles. The lowest BCUT2D eigenvalue weighted by atomic mass is 10.0. The van der Waals surface area contributed by atoms with Crippen LogP contribution in [0.1, 0.15) is 12.5 Å². The predicted molar refractivity (Wildman–Crippen MR) is 108 cm³/mol. The Kier molecular flexibility index (Phi) is 7.42. The molecule has 0 aliphatic carbocycles. The van der Waals surface area contributed by atoms with Gasteiger partial charge in [0.05, 0.1) is 6.10 Å². The zero-order valence-corrected chi connectivity index (χ0v) is 15.2. The molecule has 26 heavy (non-hydrogen) atoms. The molecule has 2 aromatic rings. The van der Waals surface area contributed by atoms with Crippen LogP contribution in [0.3, 0.4) is 0 Å². The smallest absolute Gasteiger partial charge is 0.120 e. The van der Waals surface area contributed by atoms with Crippen LogP contribution in [0.5, 0.6) is 0 Å². The fourth-order valence-corrected chi connectivity index (χ4v) is 2.40. The van der Waals surface area contributed by atoms with Crippen molar-refractivity contribution >= 4 is 11.8 Å². The average Bonchev–Trinajstić information content (AvgIpc) is 2.70. The van der Waals surface area contributed by atoms with Crippen LogP contribution in [-0.2, 0) is 0 Å². The third kappa shape index (κ3) is 5.77. The summed E-state index contributed by atoms with van der Waals surface area (Å²) in [6, 6.07) is 21.8. The van der Waals surface area contributed by atoms with Gasteiger partial charge in [0.2, 0.25) is 0 Å². The van der Waals surface area contributed by atoms with Crippen LogP contribution >= 0.6 is 0 Å². The number of hydrogen-bond acceptors (Lipinski definition) is 3. The Labute approximate surface area is 155 Å². The molecule has 0 aromatic heterocycles. The number of aliphatic hydroxyl groups excluding tert-OH is 1. The van der Waals surface area contributed by atoms with Gasteiger partial charge < -0.3 is 10.0 Å². The van der Waals surface area contributed by atoms with E-state index in [0.717, 1.165) is 11.3 Å². The Morgan fingerprint density at radius 1 is 1.04 bits per heavy atom. The first kappa shape index (κ1) is 19.2. The molecule has 3 heteroatoms. The number of benzene rings is 2. The molecule has 2 rings (SSSR count). The van der Waals surface area contributed by atoms with E-state index in [-0.39, 0.29) is 5.92 Å². The molecule has 132 valence electrons. The maximum Gasteiger partial charge on any atom is 0.120 e. The number of allylic oxidation sites excluding steroid dienone is 3. The highest BCUT2D eigenvalue weighted by Crippen LogP contribution is 2.16. The minimum atomic E-state index is -0.586. The lowest BCUT2D eigenvalue weighted by molar-refractivity contribution is 0.186. The van der Waals surface area contributed by atoms with Crippen molar-refractivity contribution in [3.63, 3.8) is 0 Å². The Hall–Kier alpha value is -3.09. The predicted octanol–water partition coefficient (Wildman–Crippen LogP) is 4.80. The highest BCUT2D eigenvalue weighted by atomic mass is 16.3. The zero-order valence-electron chi connectivity index (χ0n) is 15.2. The van der Waals surface area contributed by atoms with E-state index in [4.69, 9.17) is 0 Å². The van der Waals surface area contributed by atoms with Gasteiger partial charge >= 0.3 is 0 Å². The summed E-state index contributed by atoms with van der Waals surface area (Å²) in [6.07, 6.45) is 8.59. The SMILES string of the molecule is CC(/C=C/C=C(/C#N)N(C)c1ccccc1)C(O)/C=C/c1ccccc1. The first-order valence-electron chi connectivity index (χ1n) is 8.60. The molecule has 0 saturated heterocycles. The van der Waals surface area contributed by atoms with Crippen molar-refractivity contribution in [2.24, 2.45) is 5.92 Å². The van der Waals surface area contributed by atoms with Gasteiger partial charge in [0, 0.05) is 18.7 Å². The van der Waals surface area contributed by atoms with Gasteiger partial charge in [-0.25, -0.2) is 0 Å². The standard InChI is InChI=1S/C23H24N2O/c1-19(23(26)17-16-20-11-5-3-6-12-20)10-9-15-22(18-24)25(2)21-13-7-4-8-14-21/h3-17,19,23,26H,1-2H3/b10-9+,17-16+,22-15-. The highest BCUT2D eigenvalue weighted by molar-refractivity contribution is 5.55. The molecule has 0 aliphatic rings. The lowest BCUT2D eigenvalue weighted by Gasteiger charge is -2.17. The number of para-hydroxylation sites is 1. The lowest BCUT2D eigenvalue weighted by Crippen LogP contribution is -2.15. The summed E-state index contributed by atoms with van der Waals surface area (Å²) < 4.78 is 0. The Balaban J connectivity index is 1.99. The van der Waals surface area contributed by atoms with E-state index in [2.05, 4.69) is 6.07 Å². The molecule has 0 spiro atoms. The number of rotatable bonds is 7. The summed E-state index contributed by atoms with van der Waals surface area (Å²) in [4.78, 5) is 1.83. The summed E-state index contributed by atoms with van der Waals surface area (Å²) in [5.74, 6) is -0.0619. The van der Waals surface area contributed by atoms with Crippen molar-refractivity contribution in [1.82, 2.24) is 0 Å². The van der Waals surface area contributed by atoms with Crippen LogP contribution in [-0.4, -0.2) is 18.3 Å². The van der Waals surface area contributed by atoms with E-state index in [0.29, 0.717) is 5.70 Å². The summed E-state index contributed by atoms with van der Waals surface area (Å²) in [5, 5.41) is 19.6. The molecule has 1 N–H and O–H groups in total. The summed E-state index contributed by atoms with van der Waals surface area (Å²) in [5.41, 5.74) is 2.54. The molecule has 0 bridgehead atoms. The normalized spacial score (nSPS) is 14.3. The molecule has 0 amide bonds. The number of anilines is 1. The maximum atomic E-state index is 10.3. The first-order chi connectivity index (χ1) is 12.6. The summed E-state index contributed by atoms with van der Waals surface area (Å²) >= 11 is 0. The van der Waals surface area contributed by atoms with E-state index in [1.807, 2.05) is 97.8 Å². The number of nitrogens with zero attached hydrogens (tertiary/aromatic N) is 2. The molecule has 0 heterocycles. The van der Waals surface area contributed by atoms with Gasteiger partial charge in [0.15, 0.2) is 0 Å². The van der Waals surface area contributed by atoms with Gasteiger partial charge in [-0.1, -0.05) is 79.8 Å². The largest absolute Gasteiger partial charge is 0.388 e. The van der Waals surface area contributed by atoms with E-state index in [9.17, 15) is 10.4 Å². The Morgan fingerprint density at radius 2 is 1.65 bits per heavy atom. The molecule has 0 saturated carbocycles. The van der Waals surface area contributed by atoms with E-state index in [1.165, 1.54) is 0 Å². The van der Waals surface area contributed by atoms with Crippen LogP contribution in [0.15, 0.2) is 90.7 Å². The third-order valence-corrected chi connectivity index (χ3v) is 4.11. The van der Waals surface area contributed by atoms with Crippen molar-refractivity contribution in [2.45, 2.75) is 13.0 Å². The van der Waals surface area contributed by atoms with Gasteiger partial charge in [0.1, 0.15) is 11.8 Å². The van der Waals surface area contributed by atoms with Crippen molar-refractivity contribution in [1.29, 1.82) is 5.26 Å². The van der Waals surface area contributed by atoms with Crippen LogP contribution in [0, 0.1) is 17.2 Å². The molecular formula is C23H24N2O. The third-order valence-electron chi connectivity index (χ3n) is 4.11. The number of hydrogen-bond donors (Lipinski definition) is 1. The molecular weight excluding hydrogens is 320 g/mol. The molecule has 0 fully saturated rings. The second-order valence-corrected chi connectivity index (χ2v) is 6.06. The van der Waals surface area contributed by atoms with Gasteiger partial charge in [0.25, 0.3) is 0 Å². The monoisotopic (exact) mass is 344 g/mol. The first-order valence-corrected chi connectivity index (χ1v) is 8.60. The van der Waals surface area contributed by atoms with E-state index < -0.39 is 6.10 Å². The van der Waals surface area contributed by atoms with E-state index >= 15 is 0 Å². The number of aliphatic hydroxyl groups is 1. The summed E-state index contributed by atoms with van der Waals surface area (Å²) in [7, 11) is 1.86. The Bertz CT molecular complexity index is 801. The van der Waals surface area contributed by atoms with Gasteiger partial charge in [-0.15, -0.1) is 0 Å². The second-order valence-electron chi connectivity index (χ2n) is 6.06. The van der Waals surface area contributed by atoms with Crippen LogP contribution < -0.4 is 4.90 Å². The fraction of sp³-hybridized carbons (Fsp3) is 0.174. The Morgan fingerprint density at radius 3 is 2.27 bits per heavy atom. The van der Waals surface area contributed by atoms with E-state index in [1.54, 1.807) is 12.2 Å². The van der Waals surface area contributed by atoms with Gasteiger partial charge in [-0.2, -0.15) is 5.26 Å². The minimum absolute atomic E-state index is 0.0619. The van der Waals surface area contributed by atoms with Crippen molar-refractivity contribution in [3.8, 4) is 6.07 Å². The summed E-state index contributed by atoms with van der Waals surface area (Å²) in [6.45, 7) is 1.94. The molecule has 0 radical (unpaired) electrons. The van der Waals surface area contributed by atoms with Crippen molar-refractivity contribution in [2.75, 3.05) is 11.9 Å². The molecule has 3 nitrogen and oxygen atoms in total. The van der Waals surface area contributed by atoms with Crippen molar-refractivity contribution < 1.29 is 5.11 Å². The highest BCUT2D eigenvalue weighted by Gasteiger charge is 2.08. The zero-order chi connectivity index (χ0) is 18.8. The van der Waals surface area contributed by atoms with Crippen LogP contribution in [0.25, 0.3) is 6.08 Å². The molecule has 2 unspecified atom stereocenters. The molecule has 0 aliphatic heterocycles. The van der Waals surface area contributed by atoms with Gasteiger partial charge in [-0.3, -0.25) is 0 Å². The van der Waals surface area contributed by atoms with Gasteiger partial charge in [-0.05, 0) is 23.8 Å². The fourth-order valence-electron chi connectivity index (χ4n) is 2.40. The quantitative estimate of drug-likeness (QED) is 0.580. The van der Waals surface area contributed by atoms with Crippen LogP contribution in [0.4, 0.5) is 5.69 Å². The van der Waals surface area contributed by atoms with Crippen LogP contribution in [0.2, 0.25) is 0 Å². The maximum absolute atomic E-state index is 10.3. The minimum Gasteiger partial charge on any atom is -0.388 e. The average molecular weight is 344 g/mol. The molecule has 2 atom stereocenters.